The summed E-state index contributed by atoms with van der Waals surface area (Å²) >= 11 is 6.00. The number of nitrogens with zero attached hydrogens (tertiary/aromatic N) is 1. The fourth-order valence-electron chi connectivity index (χ4n) is 3.19. The summed E-state index contributed by atoms with van der Waals surface area (Å²) in [6, 6.07) is 16.6. The van der Waals surface area contributed by atoms with E-state index in [0.717, 1.165) is 17.5 Å². The van der Waals surface area contributed by atoms with Crippen molar-refractivity contribution in [2.75, 3.05) is 19.8 Å². The van der Waals surface area contributed by atoms with Crippen LogP contribution in [-0.2, 0) is 27.3 Å². The summed E-state index contributed by atoms with van der Waals surface area (Å²) in [5.41, 5.74) is 1.94. The van der Waals surface area contributed by atoms with Gasteiger partial charge in [0.2, 0.25) is 11.8 Å². The smallest absolute Gasteiger partial charge is 0.243 e. The van der Waals surface area contributed by atoms with Gasteiger partial charge in [-0.25, -0.2) is 0 Å². The van der Waals surface area contributed by atoms with Crippen LogP contribution in [0.25, 0.3) is 0 Å². The molecule has 2 aromatic rings. The monoisotopic (exact) mass is 430 g/mol. The van der Waals surface area contributed by atoms with Gasteiger partial charge < -0.3 is 15.0 Å². The van der Waals surface area contributed by atoms with Crippen molar-refractivity contribution in [2.45, 2.75) is 45.7 Å². The Hall–Kier alpha value is -2.37. The molecule has 0 heterocycles. The van der Waals surface area contributed by atoms with Crippen LogP contribution in [0, 0.1) is 0 Å². The van der Waals surface area contributed by atoms with E-state index in [-0.39, 0.29) is 11.8 Å². The Labute approximate surface area is 184 Å². The molecule has 0 spiro atoms. The molecule has 2 rings (SSSR count). The van der Waals surface area contributed by atoms with Gasteiger partial charge in [0.25, 0.3) is 0 Å². The summed E-state index contributed by atoms with van der Waals surface area (Å²) in [5, 5.41) is 3.62. The summed E-state index contributed by atoms with van der Waals surface area (Å²) in [5.74, 6) is -0.207. The lowest BCUT2D eigenvalue weighted by Crippen LogP contribution is -2.50. The zero-order chi connectivity index (χ0) is 21.8. The Kier molecular flexibility index (Phi) is 10.4. The molecule has 1 atom stereocenters. The van der Waals surface area contributed by atoms with E-state index in [1.165, 1.54) is 0 Å². The molecule has 1 N–H and O–H groups in total. The van der Waals surface area contributed by atoms with Crippen LogP contribution >= 0.6 is 11.6 Å². The second-order valence-electron chi connectivity index (χ2n) is 7.05. The van der Waals surface area contributed by atoms with Gasteiger partial charge in [0.1, 0.15) is 6.04 Å². The molecular weight excluding hydrogens is 400 g/mol. The van der Waals surface area contributed by atoms with E-state index in [4.69, 9.17) is 16.3 Å². The standard InChI is InChI=1S/C24H31ClN2O3/c1-3-23(28)27(18-20-11-13-21(25)14-12-20)22(17-19-9-6-5-7-10-19)24(29)26-15-8-16-30-4-2/h5-7,9-14,22H,3-4,8,15-18H2,1-2H3,(H,26,29)/t22-/m1/s1. The van der Waals surface area contributed by atoms with E-state index < -0.39 is 6.04 Å². The number of ether oxygens (including phenoxy) is 1. The highest BCUT2D eigenvalue weighted by Crippen LogP contribution is 2.17. The second-order valence-corrected chi connectivity index (χ2v) is 7.49. The number of benzene rings is 2. The molecule has 2 amide bonds. The van der Waals surface area contributed by atoms with E-state index >= 15 is 0 Å². The molecule has 0 saturated heterocycles. The van der Waals surface area contributed by atoms with Gasteiger partial charge in [-0.2, -0.15) is 0 Å². The highest BCUT2D eigenvalue weighted by atomic mass is 35.5. The first-order valence-electron chi connectivity index (χ1n) is 10.5. The maximum absolute atomic E-state index is 13.1. The van der Waals surface area contributed by atoms with Gasteiger partial charge >= 0.3 is 0 Å². The zero-order valence-corrected chi connectivity index (χ0v) is 18.5. The van der Waals surface area contributed by atoms with Gasteiger partial charge in [0.05, 0.1) is 0 Å². The van der Waals surface area contributed by atoms with Crippen molar-refractivity contribution in [3.8, 4) is 0 Å². The molecule has 0 aliphatic carbocycles. The first-order chi connectivity index (χ1) is 14.5. The molecule has 6 heteroatoms. The molecule has 0 unspecified atom stereocenters. The molecule has 5 nitrogen and oxygen atoms in total. The van der Waals surface area contributed by atoms with Crippen LogP contribution in [0.2, 0.25) is 5.02 Å². The summed E-state index contributed by atoms with van der Waals surface area (Å²) in [4.78, 5) is 27.6. The number of hydrogen-bond acceptors (Lipinski definition) is 3. The molecule has 30 heavy (non-hydrogen) atoms. The largest absolute Gasteiger partial charge is 0.382 e. The van der Waals surface area contributed by atoms with Gasteiger partial charge in [-0.05, 0) is 36.6 Å². The molecule has 162 valence electrons. The summed E-state index contributed by atoms with van der Waals surface area (Å²) in [6.45, 7) is 5.89. The maximum Gasteiger partial charge on any atom is 0.243 e. The van der Waals surface area contributed by atoms with Gasteiger partial charge in [0, 0.05) is 44.2 Å². The lowest BCUT2D eigenvalue weighted by molar-refractivity contribution is -0.141. The average Bonchev–Trinajstić information content (AvgIpc) is 2.77. The Morgan fingerprint density at radius 2 is 1.73 bits per heavy atom. The van der Waals surface area contributed by atoms with Gasteiger partial charge in [-0.1, -0.05) is 61.0 Å². The van der Waals surface area contributed by atoms with Crippen LogP contribution in [0.3, 0.4) is 0 Å². The highest BCUT2D eigenvalue weighted by molar-refractivity contribution is 6.30. The maximum atomic E-state index is 13.1. The topological polar surface area (TPSA) is 58.6 Å². The van der Waals surface area contributed by atoms with Crippen LogP contribution in [0.4, 0.5) is 0 Å². The van der Waals surface area contributed by atoms with Crippen molar-refractivity contribution in [1.29, 1.82) is 0 Å². The molecule has 0 bridgehead atoms. The number of amides is 2. The first kappa shape index (κ1) is 23.9. The third-order valence-electron chi connectivity index (χ3n) is 4.81. The van der Waals surface area contributed by atoms with Gasteiger partial charge in [-0.15, -0.1) is 0 Å². The lowest BCUT2D eigenvalue weighted by Gasteiger charge is -2.31. The van der Waals surface area contributed by atoms with Gasteiger partial charge in [-0.3, -0.25) is 9.59 Å². The lowest BCUT2D eigenvalue weighted by atomic mass is 10.0. The predicted octanol–water partition coefficient (Wildman–Crippen LogP) is 4.23. The molecule has 0 fully saturated rings. The number of nitrogens with one attached hydrogen (secondary N) is 1. The minimum Gasteiger partial charge on any atom is -0.382 e. The molecule has 0 aromatic heterocycles. The molecule has 0 saturated carbocycles. The number of rotatable bonds is 12. The molecular formula is C24H31ClN2O3. The number of carbonyl (C=O) groups excluding carboxylic acids is 2. The van der Waals surface area contributed by atoms with Crippen LogP contribution in [0.5, 0.6) is 0 Å². The van der Waals surface area contributed by atoms with Gasteiger partial charge in [0.15, 0.2) is 0 Å². The van der Waals surface area contributed by atoms with Crippen LogP contribution in [-0.4, -0.2) is 42.5 Å². The average molecular weight is 431 g/mol. The SMILES string of the molecule is CCOCCCNC(=O)[C@@H](Cc1ccccc1)N(Cc1ccc(Cl)cc1)C(=O)CC. The van der Waals surface area contributed by atoms with Crippen molar-refractivity contribution in [3.63, 3.8) is 0 Å². The second kappa shape index (κ2) is 13.0. The van der Waals surface area contributed by atoms with Crippen molar-refractivity contribution in [1.82, 2.24) is 10.2 Å². The third kappa shape index (κ3) is 7.81. The first-order valence-corrected chi connectivity index (χ1v) is 10.9. The summed E-state index contributed by atoms with van der Waals surface area (Å²) in [6.07, 6.45) is 1.52. The fraction of sp³-hybridized carbons (Fsp3) is 0.417. The number of hydrogen-bond donors (Lipinski definition) is 1. The van der Waals surface area contributed by atoms with E-state index in [2.05, 4.69) is 5.32 Å². The predicted molar refractivity (Wildman–Crippen MR) is 120 cm³/mol. The molecule has 0 aliphatic heterocycles. The Morgan fingerprint density at radius 3 is 2.37 bits per heavy atom. The van der Waals surface area contributed by atoms with Crippen LogP contribution in [0.1, 0.15) is 37.8 Å². The quantitative estimate of drug-likeness (QED) is 0.512. The summed E-state index contributed by atoms with van der Waals surface area (Å²) < 4.78 is 5.34. The molecule has 2 aromatic carbocycles. The van der Waals surface area contributed by atoms with E-state index in [1.807, 2.05) is 56.3 Å². The van der Waals surface area contributed by atoms with Crippen LogP contribution < -0.4 is 5.32 Å². The number of halogens is 1. The van der Waals surface area contributed by atoms with Crippen molar-refractivity contribution >= 4 is 23.4 Å². The van der Waals surface area contributed by atoms with Crippen LogP contribution in [0.15, 0.2) is 54.6 Å². The third-order valence-corrected chi connectivity index (χ3v) is 5.06. The van der Waals surface area contributed by atoms with Crippen molar-refractivity contribution < 1.29 is 14.3 Å². The Bertz CT molecular complexity index is 781. The van der Waals surface area contributed by atoms with E-state index in [1.54, 1.807) is 17.0 Å². The van der Waals surface area contributed by atoms with E-state index in [0.29, 0.717) is 44.2 Å². The van der Waals surface area contributed by atoms with Crippen molar-refractivity contribution in [2.24, 2.45) is 0 Å². The zero-order valence-electron chi connectivity index (χ0n) is 17.8. The Balaban J connectivity index is 2.20. The normalized spacial score (nSPS) is 11.7. The molecule has 0 radical (unpaired) electrons. The number of carbonyl (C=O) groups is 2. The summed E-state index contributed by atoms with van der Waals surface area (Å²) in [7, 11) is 0. The Morgan fingerprint density at radius 1 is 1.03 bits per heavy atom. The highest BCUT2D eigenvalue weighted by Gasteiger charge is 2.29. The van der Waals surface area contributed by atoms with E-state index in [9.17, 15) is 9.59 Å². The van der Waals surface area contributed by atoms with Crippen molar-refractivity contribution in [3.05, 3.63) is 70.7 Å². The fourth-order valence-corrected chi connectivity index (χ4v) is 3.32. The minimum atomic E-state index is -0.595. The minimum absolute atomic E-state index is 0.0599. The molecule has 0 aliphatic rings.